The third-order valence-electron chi connectivity index (χ3n) is 7.50. The third-order valence-corrected chi connectivity index (χ3v) is 7.73. The van der Waals surface area contributed by atoms with Crippen molar-refractivity contribution in [1.29, 1.82) is 0 Å². The Bertz CT molecular complexity index is 1220. The van der Waals surface area contributed by atoms with Crippen LogP contribution in [0.1, 0.15) is 49.7 Å². The van der Waals surface area contributed by atoms with Crippen LogP contribution in [0.2, 0.25) is 5.02 Å². The minimum absolute atomic E-state index is 0.0395. The molecule has 1 N–H and O–H groups in total. The number of hydrogen-bond donors (Lipinski definition) is 1. The van der Waals surface area contributed by atoms with Crippen LogP contribution in [0.5, 0.6) is 5.75 Å². The van der Waals surface area contributed by atoms with E-state index in [1.165, 1.54) is 0 Å². The van der Waals surface area contributed by atoms with Gasteiger partial charge in [0.25, 0.3) is 5.91 Å². The fourth-order valence-corrected chi connectivity index (χ4v) is 5.90. The first kappa shape index (κ1) is 26.0. The normalized spacial score (nSPS) is 25.6. The van der Waals surface area contributed by atoms with Crippen LogP contribution in [-0.2, 0) is 24.6 Å². The lowest BCUT2D eigenvalue weighted by Crippen LogP contribution is -2.57. The molecule has 198 valence electrons. The molecule has 2 fully saturated rings. The fourth-order valence-electron chi connectivity index (χ4n) is 5.73. The first-order chi connectivity index (χ1) is 17.6. The minimum atomic E-state index is -1.30. The Morgan fingerprint density at radius 3 is 2.54 bits per heavy atom. The maximum absolute atomic E-state index is 14.1. The van der Waals surface area contributed by atoms with E-state index >= 15 is 0 Å². The van der Waals surface area contributed by atoms with Gasteiger partial charge in [-0.3, -0.25) is 14.5 Å². The number of benzene rings is 2. The van der Waals surface area contributed by atoms with Crippen molar-refractivity contribution in [3.8, 4) is 5.75 Å². The molecule has 8 nitrogen and oxygen atoms in total. The van der Waals surface area contributed by atoms with Crippen LogP contribution in [0.3, 0.4) is 0 Å². The fraction of sp³-hybridized carbons (Fsp3) is 0.500. The van der Waals surface area contributed by atoms with Crippen molar-refractivity contribution in [2.24, 2.45) is 5.41 Å². The number of hydrogen-bond acceptors (Lipinski definition) is 6. The average molecular weight is 528 g/mol. The molecular weight excluding hydrogens is 494 g/mol. The number of fused-ring (bicyclic) bond motifs is 1. The first-order valence-electron chi connectivity index (χ1n) is 12.6. The summed E-state index contributed by atoms with van der Waals surface area (Å²) in [4.78, 5) is 31.0. The number of methoxy groups -OCH3 is 1. The molecular formula is C28H34ClN3O5. The molecule has 3 aliphatic rings. The molecule has 3 aliphatic heterocycles. The summed E-state index contributed by atoms with van der Waals surface area (Å²) in [6, 6.07) is 10.6. The summed E-state index contributed by atoms with van der Waals surface area (Å²) in [5.41, 5.74) is 1.48. The van der Waals surface area contributed by atoms with Gasteiger partial charge in [0, 0.05) is 53.5 Å². The zero-order valence-electron chi connectivity index (χ0n) is 22.0. The number of nitrogens with one attached hydrogen (secondary N) is 1. The summed E-state index contributed by atoms with van der Waals surface area (Å²) in [7, 11) is 5.07. The van der Waals surface area contributed by atoms with Crippen molar-refractivity contribution in [2.75, 3.05) is 46.3 Å². The highest BCUT2D eigenvalue weighted by Gasteiger charge is 2.58. The highest BCUT2D eigenvalue weighted by atomic mass is 35.5. The van der Waals surface area contributed by atoms with Gasteiger partial charge in [0.15, 0.2) is 11.8 Å². The van der Waals surface area contributed by atoms with Crippen molar-refractivity contribution in [3.05, 3.63) is 58.1 Å². The third kappa shape index (κ3) is 4.30. The largest absolute Gasteiger partial charge is 0.496 e. The standard InChI is InChI=1S/C28H34ClN3O5/c1-27(2)15-36-25(37-16-27)17-8-10-19(23(13-17)35-5)28(32-12-6-7-22(32)24(33)31(3)4)20-14-18(29)9-11-21(20)30-26(28)34/h8-11,13-14,22,25H,6-7,12,15-16H2,1-5H3,(H,30,34)/t22?,28-/m1/s1. The minimum Gasteiger partial charge on any atom is -0.496 e. The number of ether oxygens (including phenoxy) is 3. The number of likely N-dealkylation sites (tertiary alicyclic amines) is 1. The molecule has 37 heavy (non-hydrogen) atoms. The number of likely N-dealkylation sites (N-methyl/N-ethyl adjacent to an activating group) is 1. The molecule has 2 saturated heterocycles. The van der Waals surface area contributed by atoms with Crippen molar-refractivity contribution in [3.63, 3.8) is 0 Å². The van der Waals surface area contributed by atoms with Gasteiger partial charge in [-0.1, -0.05) is 37.6 Å². The summed E-state index contributed by atoms with van der Waals surface area (Å²) in [6.07, 6.45) is 0.915. The van der Waals surface area contributed by atoms with E-state index in [2.05, 4.69) is 19.2 Å². The van der Waals surface area contributed by atoms with E-state index in [1.54, 1.807) is 32.2 Å². The Kier molecular flexibility index (Phi) is 6.73. The molecule has 9 heteroatoms. The molecule has 2 amide bonds. The number of amides is 2. The second-order valence-electron chi connectivity index (χ2n) is 11.0. The van der Waals surface area contributed by atoms with E-state index in [9.17, 15) is 9.59 Å². The lowest BCUT2D eigenvalue weighted by molar-refractivity contribution is -0.226. The summed E-state index contributed by atoms with van der Waals surface area (Å²) in [5, 5.41) is 3.56. The molecule has 1 unspecified atom stereocenters. The van der Waals surface area contributed by atoms with Crippen molar-refractivity contribution in [2.45, 2.75) is 44.6 Å². The second kappa shape index (κ2) is 9.58. The summed E-state index contributed by atoms with van der Waals surface area (Å²) in [5.74, 6) is 0.240. The summed E-state index contributed by atoms with van der Waals surface area (Å²) < 4.78 is 17.9. The molecule has 2 atom stereocenters. The molecule has 0 bridgehead atoms. The number of halogens is 1. The molecule has 0 aromatic heterocycles. The maximum Gasteiger partial charge on any atom is 0.254 e. The number of nitrogens with zero attached hydrogens (tertiary/aromatic N) is 2. The van der Waals surface area contributed by atoms with Crippen LogP contribution in [0, 0.1) is 5.41 Å². The Balaban J connectivity index is 1.67. The molecule has 3 heterocycles. The molecule has 2 aromatic rings. The Hall–Kier alpha value is -2.65. The number of rotatable bonds is 5. The number of carbonyl (C=O) groups is 2. The molecule has 0 spiro atoms. The van der Waals surface area contributed by atoms with E-state index in [-0.39, 0.29) is 17.2 Å². The van der Waals surface area contributed by atoms with Crippen LogP contribution in [0.15, 0.2) is 36.4 Å². The van der Waals surface area contributed by atoms with Crippen molar-refractivity contribution < 1.29 is 23.8 Å². The molecule has 0 radical (unpaired) electrons. The van der Waals surface area contributed by atoms with E-state index in [4.69, 9.17) is 25.8 Å². The lowest BCUT2D eigenvalue weighted by atomic mass is 9.80. The van der Waals surface area contributed by atoms with Crippen LogP contribution in [-0.4, -0.2) is 68.6 Å². The number of carbonyl (C=O) groups excluding carboxylic acids is 2. The van der Waals surface area contributed by atoms with Crippen LogP contribution < -0.4 is 10.1 Å². The predicted octanol–water partition coefficient (Wildman–Crippen LogP) is 4.17. The van der Waals surface area contributed by atoms with Crippen LogP contribution >= 0.6 is 11.6 Å². The highest BCUT2D eigenvalue weighted by Crippen LogP contribution is 2.52. The maximum atomic E-state index is 14.1. The smallest absolute Gasteiger partial charge is 0.254 e. The Morgan fingerprint density at radius 1 is 1.14 bits per heavy atom. The SMILES string of the molecule is COc1cc(C2OCC(C)(C)CO2)ccc1[C@]1(N2CCCC2C(=O)N(C)C)C(=O)Nc2ccc(Cl)cc21. The molecule has 2 aromatic carbocycles. The van der Waals surface area contributed by atoms with Crippen molar-refractivity contribution in [1.82, 2.24) is 9.80 Å². The van der Waals surface area contributed by atoms with E-state index < -0.39 is 17.9 Å². The second-order valence-corrected chi connectivity index (χ2v) is 11.5. The van der Waals surface area contributed by atoms with Crippen molar-refractivity contribution >= 4 is 29.1 Å². The number of anilines is 1. The van der Waals surface area contributed by atoms with Gasteiger partial charge in [0.2, 0.25) is 5.91 Å². The van der Waals surface area contributed by atoms with Crippen LogP contribution in [0.4, 0.5) is 5.69 Å². The Labute approximate surface area is 222 Å². The van der Waals surface area contributed by atoms with Gasteiger partial charge >= 0.3 is 0 Å². The monoisotopic (exact) mass is 527 g/mol. The lowest BCUT2D eigenvalue weighted by Gasteiger charge is -2.42. The summed E-state index contributed by atoms with van der Waals surface area (Å²) in [6.45, 7) is 5.90. The topological polar surface area (TPSA) is 80.3 Å². The van der Waals surface area contributed by atoms with Gasteiger partial charge in [-0.25, -0.2) is 0 Å². The van der Waals surface area contributed by atoms with Gasteiger partial charge in [-0.15, -0.1) is 0 Å². The first-order valence-corrected chi connectivity index (χ1v) is 13.0. The van der Waals surface area contributed by atoms with Gasteiger partial charge in [0.1, 0.15) is 5.75 Å². The zero-order valence-corrected chi connectivity index (χ0v) is 22.7. The molecule has 5 rings (SSSR count). The summed E-state index contributed by atoms with van der Waals surface area (Å²) >= 11 is 6.47. The van der Waals surface area contributed by atoms with Gasteiger partial charge in [-0.05, 0) is 37.1 Å². The zero-order chi connectivity index (χ0) is 26.5. The Morgan fingerprint density at radius 2 is 1.86 bits per heavy atom. The quantitative estimate of drug-likeness (QED) is 0.628. The van der Waals surface area contributed by atoms with Gasteiger partial charge in [-0.2, -0.15) is 0 Å². The van der Waals surface area contributed by atoms with Crippen LogP contribution in [0.25, 0.3) is 0 Å². The van der Waals surface area contributed by atoms with E-state index in [0.717, 1.165) is 12.0 Å². The highest BCUT2D eigenvalue weighted by molar-refractivity contribution is 6.31. The average Bonchev–Trinajstić information content (AvgIpc) is 3.45. The van der Waals surface area contributed by atoms with E-state index in [0.29, 0.717) is 53.8 Å². The predicted molar refractivity (Wildman–Crippen MR) is 141 cm³/mol. The molecule has 0 aliphatic carbocycles. The van der Waals surface area contributed by atoms with Gasteiger partial charge < -0.3 is 24.4 Å². The molecule has 0 saturated carbocycles. The van der Waals surface area contributed by atoms with E-state index in [1.807, 2.05) is 35.2 Å². The van der Waals surface area contributed by atoms with Gasteiger partial charge in [0.05, 0.1) is 26.4 Å².